The van der Waals surface area contributed by atoms with Gasteiger partial charge in [0.15, 0.2) is 0 Å². The number of aromatic nitrogens is 3. The molecule has 0 unspecified atom stereocenters. The first-order chi connectivity index (χ1) is 18.2. The molecule has 5 rings (SSSR count). The number of anilines is 2. The Labute approximate surface area is 228 Å². The number of likely N-dealkylation sites (N-methyl/N-ethyl adjacent to an activating group) is 1. The highest BCUT2D eigenvalue weighted by Gasteiger charge is 2.22. The zero-order valence-corrected chi connectivity index (χ0v) is 23.3. The van der Waals surface area contributed by atoms with Gasteiger partial charge in [-0.2, -0.15) is 4.31 Å². The van der Waals surface area contributed by atoms with Crippen molar-refractivity contribution in [1.29, 1.82) is 0 Å². The molecule has 0 spiro atoms. The molecule has 0 radical (unpaired) electrons. The van der Waals surface area contributed by atoms with Gasteiger partial charge in [-0.15, -0.1) is 10.2 Å². The molecule has 198 valence electrons. The van der Waals surface area contributed by atoms with Crippen LogP contribution in [0.5, 0.6) is 0 Å². The van der Waals surface area contributed by atoms with Crippen molar-refractivity contribution in [2.75, 3.05) is 38.5 Å². The maximum atomic E-state index is 13.0. The van der Waals surface area contributed by atoms with E-state index in [0.29, 0.717) is 28.7 Å². The van der Waals surface area contributed by atoms with Gasteiger partial charge < -0.3 is 10.2 Å². The van der Waals surface area contributed by atoms with E-state index in [1.807, 2.05) is 38.1 Å². The second kappa shape index (κ2) is 10.9. The second-order valence-electron chi connectivity index (χ2n) is 9.80. The molecule has 1 aromatic heterocycles. The lowest BCUT2D eigenvalue weighted by Gasteiger charge is -2.21. The molecule has 1 aliphatic rings. The van der Waals surface area contributed by atoms with Crippen LogP contribution in [-0.2, 0) is 10.0 Å². The molecule has 1 aliphatic heterocycles. The molecule has 0 atom stereocenters. The summed E-state index contributed by atoms with van der Waals surface area (Å²) in [7, 11) is -1.93. The van der Waals surface area contributed by atoms with Gasteiger partial charge in [-0.25, -0.2) is 13.4 Å². The first kappa shape index (κ1) is 26.5. The number of nitrogens with one attached hydrogen (secondary N) is 1. The summed E-state index contributed by atoms with van der Waals surface area (Å²) in [5.41, 5.74) is 6.05. The van der Waals surface area contributed by atoms with Crippen LogP contribution in [0.3, 0.4) is 0 Å². The number of hydrogen-bond donors (Lipinski definition) is 1. The van der Waals surface area contributed by atoms with Crippen molar-refractivity contribution in [3.05, 3.63) is 70.7 Å². The highest BCUT2D eigenvalue weighted by atomic mass is 35.5. The Bertz CT molecular complexity index is 1570. The number of halogens is 1. The average Bonchev–Trinajstić information content (AvgIpc) is 3.43. The van der Waals surface area contributed by atoms with Gasteiger partial charge in [-0.1, -0.05) is 23.2 Å². The van der Waals surface area contributed by atoms with Crippen LogP contribution in [0.15, 0.2) is 59.5 Å². The second-order valence-corrected chi connectivity index (χ2v) is 12.3. The molecular weight excluding hydrogens is 520 g/mol. The average molecular weight is 551 g/mol. The SMILES string of the molecule is Cc1ccc(Cl)c(-c2cc(C)c3nc(Nc4ccc(S(=O)(=O)N(C)CCN5CCCC5)cc4)nnc3c2)c1. The Hall–Kier alpha value is -3.11. The number of sulfonamides is 1. The number of nitrogens with zero attached hydrogens (tertiary/aromatic N) is 5. The van der Waals surface area contributed by atoms with Gasteiger partial charge in [-0.3, -0.25) is 0 Å². The smallest absolute Gasteiger partial charge is 0.247 e. The molecule has 10 heteroatoms. The van der Waals surface area contributed by atoms with Crippen molar-refractivity contribution in [2.45, 2.75) is 31.6 Å². The molecule has 1 N–H and O–H groups in total. The first-order valence-corrected chi connectivity index (χ1v) is 14.5. The molecule has 0 saturated carbocycles. The zero-order valence-electron chi connectivity index (χ0n) is 21.8. The molecule has 0 aliphatic carbocycles. The van der Waals surface area contributed by atoms with Crippen molar-refractivity contribution in [3.63, 3.8) is 0 Å². The maximum Gasteiger partial charge on any atom is 0.247 e. The predicted octanol–water partition coefficient (Wildman–Crippen LogP) is 5.42. The molecule has 4 aromatic rings. The van der Waals surface area contributed by atoms with E-state index in [1.54, 1.807) is 31.3 Å². The van der Waals surface area contributed by atoms with Crippen LogP contribution in [0.25, 0.3) is 22.2 Å². The van der Waals surface area contributed by atoms with Crippen molar-refractivity contribution in [3.8, 4) is 11.1 Å². The quantitative estimate of drug-likeness (QED) is 0.313. The van der Waals surface area contributed by atoms with Gasteiger partial charge in [0.1, 0.15) is 5.52 Å². The van der Waals surface area contributed by atoms with Crippen molar-refractivity contribution in [2.24, 2.45) is 0 Å². The minimum Gasteiger partial charge on any atom is -0.323 e. The van der Waals surface area contributed by atoms with Crippen LogP contribution in [0, 0.1) is 13.8 Å². The predicted molar refractivity (Wildman–Crippen MR) is 152 cm³/mol. The molecule has 38 heavy (non-hydrogen) atoms. The fourth-order valence-electron chi connectivity index (χ4n) is 4.71. The summed E-state index contributed by atoms with van der Waals surface area (Å²) in [6.45, 7) is 7.32. The van der Waals surface area contributed by atoms with Gasteiger partial charge in [0.2, 0.25) is 16.0 Å². The highest BCUT2D eigenvalue weighted by Crippen LogP contribution is 2.32. The Morgan fingerprint density at radius 2 is 1.74 bits per heavy atom. The molecule has 3 aromatic carbocycles. The van der Waals surface area contributed by atoms with Crippen LogP contribution in [0.2, 0.25) is 5.02 Å². The lowest BCUT2D eigenvalue weighted by atomic mass is 10.0. The number of likely N-dealkylation sites (tertiary alicyclic amines) is 1. The van der Waals surface area contributed by atoms with Crippen molar-refractivity contribution in [1.82, 2.24) is 24.4 Å². The summed E-state index contributed by atoms with van der Waals surface area (Å²) < 4.78 is 27.4. The Kier molecular flexibility index (Phi) is 7.63. The normalized spacial score (nSPS) is 14.4. The third-order valence-corrected chi connectivity index (χ3v) is 9.13. The van der Waals surface area contributed by atoms with E-state index in [2.05, 4.69) is 31.5 Å². The number of hydrogen-bond acceptors (Lipinski definition) is 7. The summed E-state index contributed by atoms with van der Waals surface area (Å²) in [4.78, 5) is 7.21. The minimum absolute atomic E-state index is 0.253. The zero-order chi connectivity index (χ0) is 26.9. The van der Waals surface area contributed by atoms with Gasteiger partial charge in [-0.05, 0) is 99.4 Å². The Morgan fingerprint density at radius 1 is 1.00 bits per heavy atom. The molecule has 8 nitrogen and oxygen atoms in total. The van der Waals surface area contributed by atoms with Crippen LogP contribution >= 0.6 is 11.6 Å². The standard InChI is InChI=1S/C28H31ClN6O2S/c1-19-6-11-25(29)24(16-19)21-17-20(2)27-26(18-21)32-33-28(31-27)30-22-7-9-23(10-8-22)38(36,37)34(3)14-15-35-12-4-5-13-35/h6-11,16-18H,4-5,12-15H2,1-3H3,(H,30,31,33). The molecule has 1 fully saturated rings. The van der Waals surface area contributed by atoms with E-state index in [9.17, 15) is 8.42 Å². The van der Waals surface area contributed by atoms with Gasteiger partial charge in [0, 0.05) is 36.4 Å². The third-order valence-electron chi connectivity index (χ3n) is 6.93. The molecule has 0 bridgehead atoms. The van der Waals surface area contributed by atoms with Crippen molar-refractivity contribution < 1.29 is 8.42 Å². The summed E-state index contributed by atoms with van der Waals surface area (Å²) in [5, 5.41) is 12.4. The van der Waals surface area contributed by atoms with Gasteiger partial charge >= 0.3 is 0 Å². The van der Waals surface area contributed by atoms with Gasteiger partial charge in [0.05, 0.1) is 10.4 Å². The van der Waals surface area contributed by atoms with E-state index in [4.69, 9.17) is 11.6 Å². The lowest BCUT2D eigenvalue weighted by molar-refractivity contribution is 0.310. The number of aryl methyl sites for hydroxylation is 2. The van der Waals surface area contributed by atoms with Crippen LogP contribution in [0.4, 0.5) is 11.6 Å². The fourth-order valence-corrected chi connectivity index (χ4v) is 6.10. The van der Waals surface area contributed by atoms with E-state index >= 15 is 0 Å². The molecule has 0 amide bonds. The topological polar surface area (TPSA) is 91.3 Å². The van der Waals surface area contributed by atoms with Gasteiger partial charge in [0.25, 0.3) is 0 Å². The molecule has 1 saturated heterocycles. The van der Waals surface area contributed by atoms with Crippen LogP contribution in [0.1, 0.15) is 24.0 Å². The lowest BCUT2D eigenvalue weighted by Crippen LogP contribution is -2.35. The highest BCUT2D eigenvalue weighted by molar-refractivity contribution is 7.89. The first-order valence-electron chi connectivity index (χ1n) is 12.7. The van der Waals surface area contributed by atoms with E-state index < -0.39 is 10.0 Å². The minimum atomic E-state index is -3.56. The van der Waals surface area contributed by atoms with Crippen LogP contribution < -0.4 is 5.32 Å². The number of benzene rings is 3. The summed E-state index contributed by atoms with van der Waals surface area (Å²) in [6, 6.07) is 16.5. The summed E-state index contributed by atoms with van der Waals surface area (Å²) in [5.74, 6) is 0.334. The Balaban J connectivity index is 1.31. The number of fused-ring (bicyclic) bond motifs is 1. The molecular formula is C28H31ClN6O2S. The monoisotopic (exact) mass is 550 g/mol. The summed E-state index contributed by atoms with van der Waals surface area (Å²) >= 11 is 6.44. The number of rotatable bonds is 8. The third kappa shape index (κ3) is 5.66. The van der Waals surface area contributed by atoms with Crippen molar-refractivity contribution >= 4 is 44.3 Å². The maximum absolute atomic E-state index is 13.0. The largest absolute Gasteiger partial charge is 0.323 e. The van der Waals surface area contributed by atoms with E-state index in [1.165, 1.54) is 17.1 Å². The molecule has 2 heterocycles. The fraction of sp³-hybridized carbons (Fsp3) is 0.321. The van der Waals surface area contributed by atoms with E-state index in [-0.39, 0.29) is 4.90 Å². The Morgan fingerprint density at radius 3 is 2.47 bits per heavy atom. The van der Waals surface area contributed by atoms with Crippen LogP contribution in [-0.4, -0.2) is 66.0 Å². The summed E-state index contributed by atoms with van der Waals surface area (Å²) in [6.07, 6.45) is 2.37. The van der Waals surface area contributed by atoms with E-state index in [0.717, 1.165) is 47.4 Å².